The largest absolute Gasteiger partial charge is 0.416 e. The lowest BCUT2D eigenvalue weighted by atomic mass is 9.97. The van der Waals surface area contributed by atoms with Crippen LogP contribution in [-0.4, -0.2) is 0 Å². The summed E-state index contributed by atoms with van der Waals surface area (Å²) >= 11 is 0. The van der Waals surface area contributed by atoms with Crippen molar-refractivity contribution >= 4 is 0 Å². The lowest BCUT2D eigenvalue weighted by molar-refractivity contribution is -0.138. The van der Waals surface area contributed by atoms with Gasteiger partial charge in [-0.3, -0.25) is 0 Å². The zero-order chi connectivity index (χ0) is 16.5. The van der Waals surface area contributed by atoms with E-state index in [9.17, 15) is 26.3 Å². The molecule has 2 aromatic carbocycles. The Morgan fingerprint density at radius 3 is 1.68 bits per heavy atom. The fraction of sp³-hybridized carbons (Fsp3) is 0.133. The van der Waals surface area contributed by atoms with Crippen LogP contribution in [0.15, 0.2) is 42.5 Å². The van der Waals surface area contributed by atoms with E-state index < -0.39 is 23.5 Å². The molecule has 0 unspecified atom stereocenters. The van der Waals surface area contributed by atoms with Gasteiger partial charge >= 0.3 is 12.4 Å². The number of halogens is 6. The van der Waals surface area contributed by atoms with E-state index in [2.05, 4.69) is 0 Å². The Morgan fingerprint density at radius 1 is 0.727 bits per heavy atom. The van der Waals surface area contributed by atoms with Crippen LogP contribution in [0.25, 0.3) is 11.1 Å². The number of alkyl halides is 6. The van der Waals surface area contributed by atoms with Crippen molar-refractivity contribution in [3.63, 3.8) is 0 Å². The average Bonchev–Trinajstić information content (AvgIpc) is 2.45. The molecule has 0 saturated carbocycles. The van der Waals surface area contributed by atoms with E-state index in [1.807, 2.05) is 0 Å². The number of hydrogen-bond acceptors (Lipinski definition) is 1. The van der Waals surface area contributed by atoms with Crippen molar-refractivity contribution in [2.75, 3.05) is 0 Å². The van der Waals surface area contributed by atoms with Crippen LogP contribution < -0.4 is 0 Å². The summed E-state index contributed by atoms with van der Waals surface area (Å²) in [5.41, 5.74) is -1.89. The second kappa shape index (κ2) is 5.37. The topological polar surface area (TPSA) is 23.8 Å². The Labute approximate surface area is 121 Å². The molecule has 0 saturated heterocycles. The van der Waals surface area contributed by atoms with Crippen LogP contribution in [0.1, 0.15) is 16.7 Å². The SMILES string of the molecule is N#Cc1ccc(C(F)(F)F)cc1-c1ccc(C(F)(F)F)cc1. The van der Waals surface area contributed by atoms with E-state index in [1.165, 1.54) is 0 Å². The summed E-state index contributed by atoms with van der Waals surface area (Å²) in [6.07, 6.45) is -9.14. The fourth-order valence-electron chi connectivity index (χ4n) is 1.90. The predicted molar refractivity (Wildman–Crippen MR) is 66.6 cm³/mol. The standard InChI is InChI=1S/C15H7F6N/c16-14(17,18)11-4-1-9(2-5-11)13-7-12(15(19,20)21)6-3-10(13)8-22/h1-7H. The van der Waals surface area contributed by atoms with Gasteiger partial charge < -0.3 is 0 Å². The van der Waals surface area contributed by atoms with Crippen LogP contribution in [0.3, 0.4) is 0 Å². The first-order valence-electron chi connectivity index (χ1n) is 5.92. The summed E-state index contributed by atoms with van der Waals surface area (Å²) < 4.78 is 75.6. The Morgan fingerprint density at radius 2 is 1.23 bits per heavy atom. The summed E-state index contributed by atoms with van der Waals surface area (Å²) in [6.45, 7) is 0. The fourth-order valence-corrected chi connectivity index (χ4v) is 1.90. The van der Waals surface area contributed by atoms with Gasteiger partial charge in [-0.25, -0.2) is 0 Å². The molecular weight excluding hydrogens is 308 g/mol. The maximum atomic E-state index is 12.7. The third-order valence-corrected chi connectivity index (χ3v) is 2.99. The van der Waals surface area contributed by atoms with Gasteiger partial charge in [0.1, 0.15) is 0 Å². The Kier molecular flexibility index (Phi) is 3.88. The van der Waals surface area contributed by atoms with Crippen molar-refractivity contribution in [3.8, 4) is 17.2 Å². The van der Waals surface area contributed by atoms with Gasteiger partial charge in [0.25, 0.3) is 0 Å². The van der Waals surface area contributed by atoms with Gasteiger partial charge in [-0.2, -0.15) is 31.6 Å². The highest BCUT2D eigenvalue weighted by molar-refractivity contribution is 5.71. The maximum Gasteiger partial charge on any atom is 0.416 e. The quantitative estimate of drug-likeness (QED) is 0.658. The van der Waals surface area contributed by atoms with Gasteiger partial charge in [0.2, 0.25) is 0 Å². The molecular formula is C15H7F6N. The van der Waals surface area contributed by atoms with E-state index in [0.717, 1.165) is 42.5 Å². The third-order valence-electron chi connectivity index (χ3n) is 2.99. The molecule has 7 heteroatoms. The highest BCUT2D eigenvalue weighted by atomic mass is 19.4. The van der Waals surface area contributed by atoms with Crippen molar-refractivity contribution in [1.82, 2.24) is 0 Å². The molecule has 1 nitrogen and oxygen atoms in total. The number of nitriles is 1. The molecule has 0 amide bonds. The van der Waals surface area contributed by atoms with Crippen LogP contribution in [0.2, 0.25) is 0 Å². The van der Waals surface area contributed by atoms with E-state index in [1.54, 1.807) is 6.07 Å². The van der Waals surface area contributed by atoms with Gasteiger partial charge in [0.05, 0.1) is 22.8 Å². The van der Waals surface area contributed by atoms with Crippen LogP contribution >= 0.6 is 0 Å². The number of nitrogens with zero attached hydrogens (tertiary/aromatic N) is 1. The molecule has 0 N–H and O–H groups in total. The minimum atomic E-state index is -4.60. The Bertz CT molecular complexity index is 720. The number of benzene rings is 2. The van der Waals surface area contributed by atoms with Crippen molar-refractivity contribution in [2.24, 2.45) is 0 Å². The monoisotopic (exact) mass is 315 g/mol. The predicted octanol–water partition coefficient (Wildman–Crippen LogP) is 5.26. The highest BCUT2D eigenvalue weighted by Gasteiger charge is 2.32. The van der Waals surface area contributed by atoms with Crippen molar-refractivity contribution < 1.29 is 26.3 Å². The third kappa shape index (κ3) is 3.22. The molecule has 0 atom stereocenters. The van der Waals surface area contributed by atoms with E-state index in [4.69, 9.17) is 5.26 Å². The molecule has 0 aliphatic carbocycles. The molecule has 0 radical (unpaired) electrons. The molecule has 0 spiro atoms. The zero-order valence-corrected chi connectivity index (χ0v) is 10.8. The average molecular weight is 315 g/mol. The van der Waals surface area contributed by atoms with Gasteiger partial charge in [-0.15, -0.1) is 0 Å². The molecule has 0 aromatic heterocycles. The molecule has 0 aliphatic heterocycles. The molecule has 2 rings (SSSR count). The minimum Gasteiger partial charge on any atom is -0.192 e. The molecule has 2 aromatic rings. The summed E-state index contributed by atoms with van der Waals surface area (Å²) in [7, 11) is 0. The zero-order valence-electron chi connectivity index (χ0n) is 10.8. The lowest BCUT2D eigenvalue weighted by Gasteiger charge is -2.12. The first-order chi connectivity index (χ1) is 10.1. The highest BCUT2D eigenvalue weighted by Crippen LogP contribution is 2.35. The van der Waals surface area contributed by atoms with Crippen molar-refractivity contribution in [3.05, 3.63) is 59.2 Å². The van der Waals surface area contributed by atoms with Crippen LogP contribution in [0.5, 0.6) is 0 Å². The van der Waals surface area contributed by atoms with Crippen molar-refractivity contribution in [1.29, 1.82) is 5.26 Å². The van der Waals surface area contributed by atoms with Crippen LogP contribution in [0, 0.1) is 11.3 Å². The first kappa shape index (κ1) is 15.9. The van der Waals surface area contributed by atoms with Crippen LogP contribution in [0.4, 0.5) is 26.3 Å². The van der Waals surface area contributed by atoms with Gasteiger partial charge in [0.15, 0.2) is 0 Å². The van der Waals surface area contributed by atoms with E-state index >= 15 is 0 Å². The molecule has 0 fully saturated rings. The number of rotatable bonds is 1. The second-order valence-electron chi connectivity index (χ2n) is 4.45. The summed E-state index contributed by atoms with van der Waals surface area (Å²) in [6, 6.07) is 7.83. The Hall–Kier alpha value is -2.49. The molecule has 0 heterocycles. The van der Waals surface area contributed by atoms with Gasteiger partial charge in [0, 0.05) is 5.56 Å². The molecule has 114 valence electrons. The summed E-state index contributed by atoms with van der Waals surface area (Å²) in [4.78, 5) is 0. The summed E-state index contributed by atoms with van der Waals surface area (Å²) in [5, 5.41) is 8.95. The molecule has 22 heavy (non-hydrogen) atoms. The smallest absolute Gasteiger partial charge is 0.192 e. The molecule has 0 aliphatic rings. The molecule has 0 bridgehead atoms. The van der Waals surface area contributed by atoms with Gasteiger partial charge in [-0.05, 0) is 35.9 Å². The second-order valence-corrected chi connectivity index (χ2v) is 4.45. The van der Waals surface area contributed by atoms with E-state index in [0.29, 0.717) is 0 Å². The van der Waals surface area contributed by atoms with Crippen LogP contribution in [-0.2, 0) is 12.4 Å². The maximum absolute atomic E-state index is 12.7. The normalized spacial score (nSPS) is 12.0. The van der Waals surface area contributed by atoms with Gasteiger partial charge in [-0.1, -0.05) is 12.1 Å². The Balaban J connectivity index is 2.54. The first-order valence-corrected chi connectivity index (χ1v) is 5.92. The van der Waals surface area contributed by atoms with E-state index in [-0.39, 0.29) is 16.7 Å². The lowest BCUT2D eigenvalue weighted by Crippen LogP contribution is -2.06. The minimum absolute atomic E-state index is 0.0484. The van der Waals surface area contributed by atoms with Crippen molar-refractivity contribution in [2.45, 2.75) is 12.4 Å². The number of hydrogen-bond donors (Lipinski definition) is 0. The summed E-state index contributed by atoms with van der Waals surface area (Å²) in [5.74, 6) is 0.